The van der Waals surface area contributed by atoms with Gasteiger partial charge in [0.05, 0.1) is 13.5 Å². The van der Waals surface area contributed by atoms with Crippen molar-refractivity contribution in [2.75, 3.05) is 19.0 Å². The van der Waals surface area contributed by atoms with Crippen LogP contribution in [0.4, 0.5) is 15.3 Å². The third kappa shape index (κ3) is 10.8. The fourth-order valence-corrected chi connectivity index (χ4v) is 2.84. The van der Waals surface area contributed by atoms with Crippen molar-refractivity contribution in [1.29, 1.82) is 0 Å². The van der Waals surface area contributed by atoms with Gasteiger partial charge in [-0.25, -0.2) is 14.4 Å². The molecule has 0 spiro atoms. The third-order valence-corrected chi connectivity index (χ3v) is 4.57. The van der Waals surface area contributed by atoms with Crippen LogP contribution in [0.2, 0.25) is 0 Å². The summed E-state index contributed by atoms with van der Waals surface area (Å²) in [5.74, 6) is -2.32. The van der Waals surface area contributed by atoms with Crippen LogP contribution in [0.25, 0.3) is 0 Å². The van der Waals surface area contributed by atoms with Crippen LogP contribution in [0.15, 0.2) is 54.6 Å². The Labute approximate surface area is 214 Å². The number of hydrogen-bond acceptors (Lipinski definition) is 9. The molecule has 0 saturated heterocycles. The molecular weight excluding hydrogens is 484 g/mol. The average Bonchev–Trinajstić information content (AvgIpc) is 2.85. The first-order valence-corrected chi connectivity index (χ1v) is 11.3. The first kappa shape index (κ1) is 28.8. The fraction of sp³-hybridized carbons (Fsp3) is 0.346. The van der Waals surface area contributed by atoms with E-state index in [1.165, 1.54) is 31.4 Å². The maximum Gasteiger partial charge on any atom is 0.411 e. The molecule has 11 nitrogen and oxygen atoms in total. The first-order valence-electron chi connectivity index (χ1n) is 11.3. The second-order valence-electron chi connectivity index (χ2n) is 8.77. The molecule has 2 amide bonds. The van der Waals surface area contributed by atoms with E-state index >= 15 is 0 Å². The number of amides is 2. The van der Waals surface area contributed by atoms with Crippen molar-refractivity contribution >= 4 is 35.6 Å². The number of esters is 2. The Bertz CT molecular complexity index is 1090. The Balaban J connectivity index is 1.99. The third-order valence-electron chi connectivity index (χ3n) is 4.57. The van der Waals surface area contributed by atoms with Crippen molar-refractivity contribution in [3.05, 3.63) is 65.7 Å². The number of anilines is 1. The van der Waals surface area contributed by atoms with Gasteiger partial charge >= 0.3 is 24.1 Å². The minimum atomic E-state index is -1.45. The highest BCUT2D eigenvalue weighted by atomic mass is 16.6. The molecule has 37 heavy (non-hydrogen) atoms. The second kappa shape index (κ2) is 13.6. The molecule has 2 rings (SSSR count). The Morgan fingerprint density at radius 2 is 1.51 bits per heavy atom. The molecule has 1 unspecified atom stereocenters. The SMILES string of the molecule is COC(=O)Nc1ccc(C(=O)COC(=O)C(CC(=O)OCc2ccccc2)NC(=O)OC(C)(C)C)cc1. The van der Waals surface area contributed by atoms with Crippen LogP contribution >= 0.6 is 0 Å². The van der Waals surface area contributed by atoms with Crippen molar-refractivity contribution in [1.82, 2.24) is 5.32 Å². The molecule has 2 aromatic rings. The standard InChI is InChI=1S/C26H30N2O9/c1-26(2,3)37-25(33)28-20(14-22(30)35-15-17-8-6-5-7-9-17)23(31)36-16-21(29)18-10-12-19(13-11-18)27-24(32)34-4/h5-13,20H,14-16H2,1-4H3,(H,27,32)(H,28,33). The molecule has 2 aromatic carbocycles. The number of ether oxygens (including phenoxy) is 4. The van der Waals surface area contributed by atoms with Crippen LogP contribution in [0.5, 0.6) is 0 Å². The van der Waals surface area contributed by atoms with E-state index in [2.05, 4.69) is 15.4 Å². The zero-order valence-electron chi connectivity index (χ0n) is 21.1. The van der Waals surface area contributed by atoms with Crippen molar-refractivity contribution < 1.29 is 42.9 Å². The minimum absolute atomic E-state index is 0.0206. The number of Topliss-reactive ketones (excluding diaryl/α,β-unsaturated/α-hetero) is 1. The number of rotatable bonds is 10. The predicted molar refractivity (Wildman–Crippen MR) is 132 cm³/mol. The summed E-state index contributed by atoms with van der Waals surface area (Å²) in [6.07, 6.45) is -2.14. The number of carbonyl (C=O) groups excluding carboxylic acids is 5. The van der Waals surface area contributed by atoms with E-state index < -0.39 is 54.6 Å². The van der Waals surface area contributed by atoms with E-state index in [9.17, 15) is 24.0 Å². The quantitative estimate of drug-likeness (QED) is 0.276. The van der Waals surface area contributed by atoms with Gasteiger partial charge < -0.3 is 24.3 Å². The number of methoxy groups -OCH3 is 1. The topological polar surface area (TPSA) is 146 Å². The lowest BCUT2D eigenvalue weighted by molar-refractivity contribution is -0.152. The molecule has 1 atom stereocenters. The van der Waals surface area contributed by atoms with Crippen molar-refractivity contribution in [3.63, 3.8) is 0 Å². The Morgan fingerprint density at radius 3 is 2.11 bits per heavy atom. The predicted octanol–water partition coefficient (Wildman–Crippen LogP) is 3.62. The number of hydrogen-bond donors (Lipinski definition) is 2. The summed E-state index contributed by atoms with van der Waals surface area (Å²) >= 11 is 0. The summed E-state index contributed by atoms with van der Waals surface area (Å²) in [4.78, 5) is 61.0. The van der Waals surface area contributed by atoms with Crippen LogP contribution in [0.1, 0.15) is 43.1 Å². The van der Waals surface area contributed by atoms with Crippen molar-refractivity contribution in [2.24, 2.45) is 0 Å². The average molecular weight is 515 g/mol. The number of carbonyl (C=O) groups is 5. The van der Waals surface area contributed by atoms with Crippen LogP contribution < -0.4 is 10.6 Å². The van der Waals surface area contributed by atoms with E-state index in [0.29, 0.717) is 5.69 Å². The van der Waals surface area contributed by atoms with E-state index in [1.54, 1.807) is 45.0 Å². The number of alkyl carbamates (subject to hydrolysis) is 1. The summed E-state index contributed by atoms with van der Waals surface area (Å²) in [6, 6.07) is 13.3. The molecular formula is C26H30N2O9. The van der Waals surface area contributed by atoms with Gasteiger partial charge in [0.2, 0.25) is 0 Å². The van der Waals surface area contributed by atoms with Gasteiger partial charge in [-0.3, -0.25) is 14.9 Å². The molecule has 11 heteroatoms. The summed E-state index contributed by atoms with van der Waals surface area (Å²) < 4.78 is 19.9. The number of ketones is 1. The molecule has 198 valence electrons. The number of nitrogens with one attached hydrogen (secondary N) is 2. The molecule has 0 bridgehead atoms. The molecule has 2 N–H and O–H groups in total. The maximum atomic E-state index is 12.7. The van der Waals surface area contributed by atoms with Crippen LogP contribution in [-0.4, -0.2) is 55.3 Å². The minimum Gasteiger partial charge on any atom is -0.461 e. The Morgan fingerprint density at radius 1 is 0.865 bits per heavy atom. The van der Waals surface area contributed by atoms with Crippen LogP contribution in [0.3, 0.4) is 0 Å². The van der Waals surface area contributed by atoms with E-state index in [4.69, 9.17) is 14.2 Å². The summed E-state index contributed by atoms with van der Waals surface area (Å²) in [5, 5.41) is 4.74. The molecule has 0 fully saturated rings. The molecule has 0 aliphatic heterocycles. The van der Waals surface area contributed by atoms with Gasteiger partial charge in [-0.1, -0.05) is 30.3 Å². The van der Waals surface area contributed by atoms with Gasteiger partial charge in [0, 0.05) is 11.3 Å². The molecule has 0 aromatic heterocycles. The van der Waals surface area contributed by atoms with Gasteiger partial charge in [0.15, 0.2) is 12.4 Å². The Kier molecular flexibility index (Phi) is 10.6. The summed E-state index contributed by atoms with van der Waals surface area (Å²) in [7, 11) is 1.22. The van der Waals surface area contributed by atoms with Gasteiger partial charge in [-0.2, -0.15) is 0 Å². The highest BCUT2D eigenvalue weighted by molar-refractivity contribution is 5.99. The molecule has 0 aliphatic carbocycles. The van der Waals surface area contributed by atoms with E-state index in [1.807, 2.05) is 6.07 Å². The number of benzene rings is 2. The van der Waals surface area contributed by atoms with Gasteiger partial charge in [0.1, 0.15) is 18.2 Å². The lowest BCUT2D eigenvalue weighted by Crippen LogP contribution is -2.45. The van der Waals surface area contributed by atoms with Gasteiger partial charge in [0.25, 0.3) is 0 Å². The van der Waals surface area contributed by atoms with Crippen molar-refractivity contribution in [3.8, 4) is 0 Å². The lowest BCUT2D eigenvalue weighted by atomic mass is 10.1. The molecule has 0 aliphatic rings. The van der Waals surface area contributed by atoms with Crippen LogP contribution in [-0.2, 0) is 35.1 Å². The summed E-state index contributed by atoms with van der Waals surface area (Å²) in [6.45, 7) is 4.25. The van der Waals surface area contributed by atoms with E-state index in [0.717, 1.165) is 5.56 Å². The van der Waals surface area contributed by atoms with Gasteiger partial charge in [-0.05, 0) is 50.6 Å². The zero-order chi connectivity index (χ0) is 27.4. The largest absolute Gasteiger partial charge is 0.461 e. The monoisotopic (exact) mass is 514 g/mol. The van der Waals surface area contributed by atoms with Gasteiger partial charge in [-0.15, -0.1) is 0 Å². The summed E-state index contributed by atoms with van der Waals surface area (Å²) in [5.41, 5.74) is 0.503. The zero-order valence-corrected chi connectivity index (χ0v) is 21.1. The highest BCUT2D eigenvalue weighted by Crippen LogP contribution is 2.12. The molecule has 0 saturated carbocycles. The fourth-order valence-electron chi connectivity index (χ4n) is 2.84. The van der Waals surface area contributed by atoms with Crippen LogP contribution in [0, 0.1) is 0 Å². The molecule has 0 radical (unpaired) electrons. The normalized spacial score (nSPS) is 11.5. The van der Waals surface area contributed by atoms with E-state index in [-0.39, 0.29) is 12.2 Å². The van der Waals surface area contributed by atoms with Crippen molar-refractivity contribution in [2.45, 2.75) is 45.4 Å². The second-order valence-corrected chi connectivity index (χ2v) is 8.77. The smallest absolute Gasteiger partial charge is 0.411 e. The maximum absolute atomic E-state index is 12.7. The molecule has 0 heterocycles. The first-order chi connectivity index (χ1) is 17.5. The Hall–Kier alpha value is -4.41. The lowest BCUT2D eigenvalue weighted by Gasteiger charge is -2.22. The highest BCUT2D eigenvalue weighted by Gasteiger charge is 2.29.